The predicted octanol–water partition coefficient (Wildman–Crippen LogP) is 8.88. The lowest BCUT2D eigenvalue weighted by Gasteiger charge is -2.22. The Bertz CT molecular complexity index is 695. The van der Waals surface area contributed by atoms with Crippen molar-refractivity contribution in [3.63, 3.8) is 0 Å². The zero-order chi connectivity index (χ0) is 33.2. The molecule has 6 nitrogen and oxygen atoms in total. The lowest BCUT2D eigenvalue weighted by molar-refractivity contribution is -0.341. The van der Waals surface area contributed by atoms with Gasteiger partial charge in [-0.05, 0) is 19.7 Å². The van der Waals surface area contributed by atoms with Crippen LogP contribution in [0.4, 0.5) is 65.9 Å². The highest BCUT2D eigenvalue weighted by Gasteiger charge is 2.60. The van der Waals surface area contributed by atoms with Crippen molar-refractivity contribution in [2.45, 2.75) is 38.9 Å². The minimum Gasteiger partial charge on any atom is -0.439 e. The molecule has 0 saturated carbocycles. The summed E-state index contributed by atoms with van der Waals surface area (Å²) in [7, 11) is 0. The molecule has 0 aliphatic carbocycles. The Morgan fingerprint density at radius 2 is 0.872 bits per heavy atom. The van der Waals surface area contributed by atoms with Gasteiger partial charge in [0.05, 0.1) is 0 Å². The summed E-state index contributed by atoms with van der Waals surface area (Å²) >= 11 is 0. The maximum Gasteiger partial charge on any atom is 0.468 e. The van der Waals surface area contributed by atoms with Crippen LogP contribution in [0.15, 0.2) is 37.8 Å². The first-order valence-corrected chi connectivity index (χ1v) is 8.65. The Hall–Kier alpha value is -3.42. The van der Waals surface area contributed by atoms with E-state index in [0.717, 1.165) is 20.8 Å². The van der Waals surface area contributed by atoms with Gasteiger partial charge >= 0.3 is 18.1 Å². The first-order chi connectivity index (χ1) is 17.2. The van der Waals surface area contributed by atoms with Gasteiger partial charge in [-0.3, -0.25) is 16.2 Å². The smallest absolute Gasteiger partial charge is 0.439 e. The number of hydrogen-bond acceptors (Lipinski definition) is 6. The van der Waals surface area contributed by atoms with Gasteiger partial charge in [-0.15, -0.1) is 0 Å². The summed E-state index contributed by atoms with van der Waals surface area (Å²) in [6.45, 7) is 4.53. The number of alkyl halides is 9. The van der Waals surface area contributed by atoms with E-state index in [4.69, 9.17) is 16.2 Å². The molecule has 21 heteroatoms. The number of rotatable bonds is 9. The monoisotopic (exact) mass is 615 g/mol. The second-order valence-corrected chi connectivity index (χ2v) is 5.25. The summed E-state index contributed by atoms with van der Waals surface area (Å²) in [5, 5.41) is 17.5. The molecule has 39 heavy (non-hydrogen) atoms. The Labute approximate surface area is 212 Å². The van der Waals surface area contributed by atoms with Gasteiger partial charge in [-0.25, -0.2) is 13.2 Å². The Balaban J connectivity index is -0.0000000893. The molecule has 0 heterocycles. The van der Waals surface area contributed by atoms with E-state index in [2.05, 4.69) is 33.9 Å². The van der Waals surface area contributed by atoms with Crippen molar-refractivity contribution in [3.05, 3.63) is 37.8 Å². The molecule has 0 aromatic carbocycles. The molecule has 0 saturated heterocycles. The van der Waals surface area contributed by atoms with Gasteiger partial charge in [0.2, 0.25) is 6.86 Å². The summed E-state index contributed by atoms with van der Waals surface area (Å²) in [6, 6.07) is -4.89. The second-order valence-electron chi connectivity index (χ2n) is 5.25. The lowest BCUT2D eigenvalue weighted by Crippen LogP contribution is -2.44. The highest BCUT2D eigenvalue weighted by Crippen LogP contribution is 2.37. The van der Waals surface area contributed by atoms with E-state index in [-0.39, 0.29) is 0 Å². The molecule has 0 radical (unpaired) electrons. The minimum absolute atomic E-state index is 0.833. The van der Waals surface area contributed by atoms with Crippen molar-refractivity contribution >= 4 is 17.9 Å². The highest BCUT2D eigenvalue weighted by molar-refractivity contribution is 5.68. The third-order valence-corrected chi connectivity index (χ3v) is 1.46. The van der Waals surface area contributed by atoms with Crippen LogP contribution in [-0.2, 0) is 14.2 Å². The second kappa shape index (κ2) is 26.2. The van der Waals surface area contributed by atoms with Crippen molar-refractivity contribution in [1.29, 1.82) is 16.2 Å². The Kier molecular flexibility index (Phi) is 32.7. The number of hydrogen-bond donors (Lipinski definition) is 3. The molecular formula is C18H24F15N3O3. The number of ether oxygens (including phenoxy) is 3. The van der Waals surface area contributed by atoms with Crippen molar-refractivity contribution in [2.24, 2.45) is 0 Å². The van der Waals surface area contributed by atoms with Crippen LogP contribution >= 0.6 is 0 Å². The van der Waals surface area contributed by atoms with Crippen LogP contribution in [0.2, 0.25) is 0 Å². The van der Waals surface area contributed by atoms with Crippen molar-refractivity contribution in [3.8, 4) is 0 Å². The van der Waals surface area contributed by atoms with E-state index in [9.17, 15) is 65.9 Å². The van der Waals surface area contributed by atoms with Crippen LogP contribution in [0.3, 0.4) is 0 Å². The molecule has 0 amide bonds. The van der Waals surface area contributed by atoms with E-state index >= 15 is 0 Å². The maximum absolute atomic E-state index is 11.9. The van der Waals surface area contributed by atoms with Gasteiger partial charge in [-0.2, -0.15) is 52.7 Å². The lowest BCUT2D eigenvalue weighted by atomic mass is 10.3. The zero-order valence-electron chi connectivity index (χ0n) is 20.1. The van der Waals surface area contributed by atoms with E-state index in [0.29, 0.717) is 0 Å². The quantitative estimate of drug-likeness (QED) is 0.137. The standard InChI is InChI=1S/C5H4F6O.C4H4F4O.C3H4F2O.3C2H4FN/c1-3(7)12-5(10,11)4(8,9)2-6;1-3(6)9-4(7,8)2-5;1-3(5)6-2-4;3*1-2(3)4/h1-2H2;1-2H2;1-2H2;3*4H,1H3. The fourth-order valence-electron chi connectivity index (χ4n) is 0.540. The van der Waals surface area contributed by atoms with Crippen LogP contribution in [-0.4, -0.2) is 56.2 Å². The fourth-order valence-corrected chi connectivity index (χ4v) is 0.540. The molecular weight excluding hydrogens is 591 g/mol. The van der Waals surface area contributed by atoms with Gasteiger partial charge in [0.25, 0.3) is 18.0 Å². The number of nitrogens with one attached hydrogen (secondary N) is 3. The Morgan fingerprint density at radius 1 is 0.590 bits per heavy atom. The van der Waals surface area contributed by atoms with E-state index in [1.165, 1.54) is 0 Å². The fraction of sp³-hybridized carbons (Fsp3) is 0.500. The molecule has 0 unspecified atom stereocenters. The minimum atomic E-state index is -5.21. The molecule has 0 fully saturated rings. The van der Waals surface area contributed by atoms with Gasteiger partial charge in [0, 0.05) is 20.8 Å². The normalized spacial score (nSPS) is 9.69. The molecule has 0 aliphatic heterocycles. The molecule has 0 aromatic heterocycles. The van der Waals surface area contributed by atoms with Crippen LogP contribution in [0, 0.1) is 16.2 Å². The maximum atomic E-state index is 11.9. The van der Waals surface area contributed by atoms with Gasteiger partial charge in [0.15, 0.2) is 31.2 Å². The molecule has 0 spiro atoms. The van der Waals surface area contributed by atoms with Crippen LogP contribution in [0.1, 0.15) is 20.8 Å². The van der Waals surface area contributed by atoms with Gasteiger partial charge < -0.3 is 14.2 Å². The van der Waals surface area contributed by atoms with Crippen molar-refractivity contribution in [2.75, 3.05) is 20.2 Å². The average Bonchev–Trinajstić information content (AvgIpc) is 2.65. The topological polar surface area (TPSA) is 99.2 Å². The third-order valence-electron chi connectivity index (χ3n) is 1.46. The molecule has 0 rings (SSSR count). The number of halogens is 15. The SMILES string of the molecule is C=C(F)OC(F)(F)C(F)(F)CF.C=C(F)OC(F)(F)CF.C=C(F)OCF.CC(=N)F.CC(=N)F.CC(=N)F. The Morgan fingerprint density at radius 3 is 0.974 bits per heavy atom. The first-order valence-electron chi connectivity index (χ1n) is 8.65. The highest BCUT2D eigenvalue weighted by atomic mass is 19.3. The molecule has 0 atom stereocenters. The largest absolute Gasteiger partial charge is 0.468 e. The van der Waals surface area contributed by atoms with E-state index in [1.807, 2.05) is 0 Å². The molecule has 0 aliphatic rings. The van der Waals surface area contributed by atoms with Crippen molar-refractivity contribution < 1.29 is 80.1 Å². The van der Waals surface area contributed by atoms with Gasteiger partial charge in [-0.1, -0.05) is 0 Å². The summed E-state index contributed by atoms with van der Waals surface area (Å²) < 4.78 is 178. The van der Waals surface area contributed by atoms with Crippen molar-refractivity contribution in [1.82, 2.24) is 0 Å². The van der Waals surface area contributed by atoms with Crippen LogP contribution < -0.4 is 0 Å². The van der Waals surface area contributed by atoms with Gasteiger partial charge in [0.1, 0.15) is 0 Å². The molecule has 0 aromatic rings. The summed E-state index contributed by atoms with van der Waals surface area (Å²) in [6.07, 6.45) is -9.29. The van der Waals surface area contributed by atoms with E-state index < -0.39 is 74.3 Å². The molecule has 3 N–H and O–H groups in total. The first kappa shape index (κ1) is 48.6. The van der Waals surface area contributed by atoms with E-state index in [1.54, 1.807) is 0 Å². The third kappa shape index (κ3) is 60.8. The summed E-state index contributed by atoms with van der Waals surface area (Å²) in [5.74, 6) is -7.55. The van der Waals surface area contributed by atoms with Crippen LogP contribution in [0.5, 0.6) is 0 Å². The average molecular weight is 615 g/mol. The molecule has 0 bridgehead atoms. The molecule has 234 valence electrons. The summed E-state index contributed by atoms with van der Waals surface area (Å²) in [5.41, 5.74) is 0. The predicted molar refractivity (Wildman–Crippen MR) is 110 cm³/mol. The zero-order valence-corrected chi connectivity index (χ0v) is 20.1. The van der Waals surface area contributed by atoms with Crippen LogP contribution in [0.25, 0.3) is 0 Å². The summed E-state index contributed by atoms with van der Waals surface area (Å²) in [4.78, 5) is 0.